The van der Waals surface area contributed by atoms with Gasteiger partial charge in [-0.25, -0.2) is 4.98 Å². The van der Waals surface area contributed by atoms with Crippen molar-refractivity contribution in [1.82, 2.24) is 4.98 Å². The normalized spacial score (nSPS) is 9.69. The van der Waals surface area contributed by atoms with Gasteiger partial charge in [0.15, 0.2) is 0 Å². The van der Waals surface area contributed by atoms with Gasteiger partial charge >= 0.3 is 5.69 Å². The lowest BCUT2D eigenvalue weighted by molar-refractivity contribution is -0.385. The maximum absolute atomic E-state index is 10.5. The molecule has 1 aromatic rings. The quantitative estimate of drug-likeness (QED) is 0.577. The van der Waals surface area contributed by atoms with E-state index in [-0.39, 0.29) is 16.6 Å². The molecule has 1 heterocycles. The molecule has 0 aromatic carbocycles. The van der Waals surface area contributed by atoms with Crippen molar-refractivity contribution in [1.29, 1.82) is 0 Å². The summed E-state index contributed by atoms with van der Waals surface area (Å²) in [6.45, 7) is 0. The molecule has 13 heavy (non-hydrogen) atoms. The fourth-order valence-corrected chi connectivity index (χ4v) is 1.06. The van der Waals surface area contributed by atoms with Gasteiger partial charge in [-0.1, -0.05) is 11.6 Å². The molecule has 0 saturated heterocycles. The molecule has 0 aliphatic heterocycles. The number of nitrogens with two attached hydrogens (primary N) is 1. The maximum Gasteiger partial charge on any atom is 0.354 e. The first-order valence-electron chi connectivity index (χ1n) is 3.20. The van der Waals surface area contributed by atoms with E-state index >= 15 is 0 Å². The average molecular weight is 204 g/mol. The number of anilines is 1. The fourth-order valence-electron chi connectivity index (χ4n) is 0.846. The molecule has 1 rings (SSSR count). The zero-order chi connectivity index (χ0) is 10.0. The maximum atomic E-state index is 10.5. The summed E-state index contributed by atoms with van der Waals surface area (Å²) in [5.74, 6) is -0.287. The summed E-state index contributed by atoms with van der Waals surface area (Å²) in [5, 5.41) is 10.6. The zero-order valence-electron chi connectivity index (χ0n) is 6.65. The second-order valence-electron chi connectivity index (χ2n) is 2.13. The molecule has 0 unspecified atom stereocenters. The van der Waals surface area contributed by atoms with Crippen LogP contribution < -0.4 is 10.5 Å². The lowest BCUT2D eigenvalue weighted by Crippen LogP contribution is -2.01. The number of pyridine rings is 1. The van der Waals surface area contributed by atoms with E-state index in [0.29, 0.717) is 0 Å². The number of nitro groups is 1. The molecule has 1 aromatic heterocycles. The van der Waals surface area contributed by atoms with Gasteiger partial charge in [-0.15, -0.1) is 0 Å². The monoisotopic (exact) mass is 203 g/mol. The molecule has 0 fully saturated rings. The molecule has 0 saturated carbocycles. The third-order valence-electron chi connectivity index (χ3n) is 1.38. The number of halogens is 1. The molecule has 2 N–H and O–H groups in total. The summed E-state index contributed by atoms with van der Waals surface area (Å²) in [5.41, 5.74) is 4.87. The molecule has 0 bridgehead atoms. The van der Waals surface area contributed by atoms with Gasteiger partial charge in [-0.2, -0.15) is 0 Å². The lowest BCUT2D eigenvalue weighted by atomic mass is 10.3. The third-order valence-corrected chi connectivity index (χ3v) is 1.65. The summed E-state index contributed by atoms with van der Waals surface area (Å²) in [6, 6.07) is 0. The standard InChI is InChI=1S/C6H6ClN3O3/c1-13-5-3(7)2-9-6(8)4(5)10(11)12/h2H,1H3,(H2,8,9). The number of rotatable bonds is 2. The minimum Gasteiger partial charge on any atom is -0.489 e. The summed E-state index contributed by atoms with van der Waals surface area (Å²) < 4.78 is 4.72. The van der Waals surface area contributed by atoms with Gasteiger partial charge in [-0.05, 0) is 0 Å². The van der Waals surface area contributed by atoms with Gasteiger partial charge in [-0.3, -0.25) is 10.1 Å². The van der Waals surface area contributed by atoms with E-state index in [2.05, 4.69) is 4.98 Å². The molecule has 70 valence electrons. The van der Waals surface area contributed by atoms with Crippen molar-refractivity contribution in [3.8, 4) is 5.75 Å². The van der Waals surface area contributed by atoms with Crippen LogP contribution in [0.3, 0.4) is 0 Å². The molecule has 0 aliphatic rings. The van der Waals surface area contributed by atoms with Crippen molar-refractivity contribution in [2.75, 3.05) is 12.8 Å². The highest BCUT2D eigenvalue weighted by Gasteiger charge is 2.23. The van der Waals surface area contributed by atoms with E-state index in [1.54, 1.807) is 0 Å². The van der Waals surface area contributed by atoms with Gasteiger partial charge in [0, 0.05) is 0 Å². The van der Waals surface area contributed by atoms with Crippen molar-refractivity contribution in [3.63, 3.8) is 0 Å². The number of nitrogens with zero attached hydrogens (tertiary/aromatic N) is 2. The molecule has 6 nitrogen and oxygen atoms in total. The van der Waals surface area contributed by atoms with Crippen molar-refractivity contribution < 1.29 is 9.66 Å². The smallest absolute Gasteiger partial charge is 0.354 e. The number of methoxy groups -OCH3 is 1. The molecule has 0 amide bonds. The highest BCUT2D eigenvalue weighted by atomic mass is 35.5. The molecule has 0 atom stereocenters. The Bertz CT molecular complexity index is 355. The second-order valence-corrected chi connectivity index (χ2v) is 2.54. The van der Waals surface area contributed by atoms with E-state index in [0.717, 1.165) is 0 Å². The zero-order valence-corrected chi connectivity index (χ0v) is 7.41. The third kappa shape index (κ3) is 1.62. The first kappa shape index (κ1) is 9.53. The number of aromatic nitrogens is 1. The van der Waals surface area contributed by atoms with Crippen molar-refractivity contribution in [3.05, 3.63) is 21.3 Å². The Morgan fingerprint density at radius 1 is 1.77 bits per heavy atom. The Hall–Kier alpha value is -1.56. The summed E-state index contributed by atoms with van der Waals surface area (Å²) in [6.07, 6.45) is 1.20. The number of hydrogen-bond acceptors (Lipinski definition) is 5. The van der Waals surface area contributed by atoms with Gasteiger partial charge in [0.25, 0.3) is 0 Å². The van der Waals surface area contributed by atoms with Gasteiger partial charge < -0.3 is 10.5 Å². The Morgan fingerprint density at radius 3 is 2.77 bits per heavy atom. The SMILES string of the molecule is COc1c(Cl)cnc(N)c1[N+](=O)[O-]. The van der Waals surface area contributed by atoms with Crippen LogP contribution in [0, 0.1) is 10.1 Å². The first-order valence-corrected chi connectivity index (χ1v) is 3.58. The average Bonchev–Trinajstić information content (AvgIpc) is 2.07. The van der Waals surface area contributed by atoms with Crippen LogP contribution in [0.4, 0.5) is 11.5 Å². The largest absolute Gasteiger partial charge is 0.489 e. The van der Waals surface area contributed by atoms with Gasteiger partial charge in [0.05, 0.1) is 18.2 Å². The number of ether oxygens (including phenoxy) is 1. The van der Waals surface area contributed by atoms with E-state index in [9.17, 15) is 10.1 Å². The highest BCUT2D eigenvalue weighted by molar-refractivity contribution is 6.32. The molecular weight excluding hydrogens is 198 g/mol. The van der Waals surface area contributed by atoms with Crippen molar-refractivity contribution in [2.24, 2.45) is 0 Å². The Kier molecular flexibility index (Phi) is 2.52. The van der Waals surface area contributed by atoms with Crippen LogP contribution in [-0.2, 0) is 0 Å². The summed E-state index contributed by atoms with van der Waals surface area (Å²) >= 11 is 5.60. The lowest BCUT2D eigenvalue weighted by Gasteiger charge is -2.04. The second kappa shape index (κ2) is 3.44. The summed E-state index contributed by atoms with van der Waals surface area (Å²) in [4.78, 5) is 13.3. The van der Waals surface area contributed by atoms with E-state index in [1.165, 1.54) is 13.3 Å². The fraction of sp³-hybridized carbons (Fsp3) is 0.167. The van der Waals surface area contributed by atoms with E-state index in [4.69, 9.17) is 22.1 Å². The van der Waals surface area contributed by atoms with Crippen LogP contribution in [0.25, 0.3) is 0 Å². The van der Waals surface area contributed by atoms with Crippen LogP contribution >= 0.6 is 11.6 Å². The van der Waals surface area contributed by atoms with Gasteiger partial charge in [0.2, 0.25) is 11.6 Å². The Morgan fingerprint density at radius 2 is 2.38 bits per heavy atom. The molecule has 0 radical (unpaired) electrons. The van der Waals surface area contributed by atoms with Crippen LogP contribution in [0.15, 0.2) is 6.20 Å². The minimum absolute atomic E-state index is 0.0587. The van der Waals surface area contributed by atoms with E-state index < -0.39 is 10.6 Å². The topological polar surface area (TPSA) is 91.3 Å². The molecular formula is C6H6ClN3O3. The summed E-state index contributed by atoms with van der Waals surface area (Å²) in [7, 11) is 1.27. The predicted molar refractivity (Wildman–Crippen MR) is 46.9 cm³/mol. The first-order chi connectivity index (χ1) is 6.07. The number of hydrogen-bond donors (Lipinski definition) is 1. The van der Waals surface area contributed by atoms with Crippen LogP contribution in [0.5, 0.6) is 5.75 Å². The molecule has 0 spiro atoms. The Balaban J connectivity index is 3.43. The van der Waals surface area contributed by atoms with Crippen molar-refractivity contribution >= 4 is 23.1 Å². The highest BCUT2D eigenvalue weighted by Crippen LogP contribution is 2.36. The van der Waals surface area contributed by atoms with Crippen LogP contribution in [0.1, 0.15) is 0 Å². The molecule has 0 aliphatic carbocycles. The Labute approximate surface area is 78.4 Å². The molecule has 7 heteroatoms. The minimum atomic E-state index is -0.687. The van der Waals surface area contributed by atoms with Crippen LogP contribution in [0.2, 0.25) is 5.02 Å². The number of nitrogen functional groups attached to an aromatic ring is 1. The predicted octanol–water partition coefficient (Wildman–Crippen LogP) is 1.23. The van der Waals surface area contributed by atoms with Gasteiger partial charge in [0.1, 0.15) is 5.02 Å². The van der Waals surface area contributed by atoms with Crippen LogP contribution in [-0.4, -0.2) is 17.0 Å². The van der Waals surface area contributed by atoms with E-state index in [1.807, 2.05) is 0 Å². The van der Waals surface area contributed by atoms with Crippen molar-refractivity contribution in [2.45, 2.75) is 0 Å².